The van der Waals surface area contributed by atoms with Gasteiger partial charge in [-0.15, -0.1) is 0 Å². The second-order valence-electron chi connectivity index (χ2n) is 9.10. The number of unbranched alkanes of at least 4 members (excludes halogenated alkanes) is 2. The molecule has 208 valence electrons. The van der Waals surface area contributed by atoms with Crippen LogP contribution in [0.25, 0.3) is 0 Å². The van der Waals surface area contributed by atoms with Crippen LogP contribution in [0.1, 0.15) is 38.7 Å². The minimum atomic E-state index is -3.62. The van der Waals surface area contributed by atoms with Crippen LogP contribution in [-0.4, -0.2) is 74.9 Å². The Kier molecular flexibility index (Phi) is 11.4. The van der Waals surface area contributed by atoms with Crippen LogP contribution in [0.15, 0.2) is 53.4 Å². The molecule has 11 heteroatoms. The van der Waals surface area contributed by atoms with Gasteiger partial charge in [0, 0.05) is 31.2 Å². The van der Waals surface area contributed by atoms with Crippen LogP contribution in [-0.2, 0) is 30.9 Å². The Balaban J connectivity index is 1.65. The lowest BCUT2D eigenvalue weighted by Gasteiger charge is -2.29. The molecule has 0 radical (unpaired) electrons. The molecule has 0 bridgehead atoms. The Morgan fingerprint density at radius 1 is 1.08 bits per heavy atom. The molecule has 0 spiro atoms. The van der Waals surface area contributed by atoms with E-state index in [1.165, 1.54) is 33.5 Å². The molecular formula is C27H36ClN3O6S. The van der Waals surface area contributed by atoms with Gasteiger partial charge >= 0.3 is 0 Å². The van der Waals surface area contributed by atoms with E-state index in [1.807, 2.05) is 12.1 Å². The molecule has 9 nitrogen and oxygen atoms in total. The standard InChI is InChI=1S/C27H36ClN3O6S/c1-3-4-5-14-29-27(33)21(2)31(19-22-6-8-23(28)9-7-22)26(32)20-37-24-10-12-25(13-11-24)38(34,35)30-15-17-36-18-16-30/h6-13,21H,3-5,14-20H2,1-2H3,(H,29,33)/t21-/m0/s1. The average molecular weight is 566 g/mol. The van der Waals surface area contributed by atoms with Gasteiger partial charge in [0.1, 0.15) is 11.8 Å². The first-order valence-corrected chi connectivity index (χ1v) is 14.7. The number of hydrogen-bond acceptors (Lipinski definition) is 6. The van der Waals surface area contributed by atoms with E-state index in [-0.39, 0.29) is 29.9 Å². The fraction of sp³-hybridized carbons (Fsp3) is 0.481. The summed E-state index contributed by atoms with van der Waals surface area (Å²) >= 11 is 6.00. The van der Waals surface area contributed by atoms with Crippen molar-refractivity contribution >= 4 is 33.4 Å². The molecule has 1 aliphatic rings. The minimum Gasteiger partial charge on any atom is -0.484 e. The Hall–Kier alpha value is -2.66. The van der Waals surface area contributed by atoms with Crippen molar-refractivity contribution in [3.05, 3.63) is 59.1 Å². The lowest BCUT2D eigenvalue weighted by molar-refractivity contribution is -0.142. The maximum atomic E-state index is 13.2. The van der Waals surface area contributed by atoms with Gasteiger partial charge in [-0.1, -0.05) is 43.5 Å². The Labute approximate surface area is 230 Å². The number of benzene rings is 2. The highest BCUT2D eigenvalue weighted by Gasteiger charge is 2.28. The maximum absolute atomic E-state index is 13.2. The van der Waals surface area contributed by atoms with Gasteiger partial charge in [0.15, 0.2) is 6.61 Å². The van der Waals surface area contributed by atoms with Crippen LogP contribution in [0.2, 0.25) is 5.02 Å². The molecule has 0 saturated carbocycles. The lowest BCUT2D eigenvalue weighted by atomic mass is 10.1. The number of carbonyl (C=O) groups is 2. The highest BCUT2D eigenvalue weighted by atomic mass is 35.5. The molecular weight excluding hydrogens is 530 g/mol. The third kappa shape index (κ3) is 8.42. The summed E-state index contributed by atoms with van der Waals surface area (Å²) in [4.78, 5) is 27.6. The van der Waals surface area contributed by atoms with Gasteiger partial charge in [-0.05, 0) is 55.3 Å². The molecule has 1 atom stereocenters. The van der Waals surface area contributed by atoms with E-state index in [2.05, 4.69) is 12.2 Å². The van der Waals surface area contributed by atoms with E-state index < -0.39 is 16.1 Å². The number of halogens is 1. The first-order valence-electron chi connectivity index (χ1n) is 12.8. The SMILES string of the molecule is CCCCCNC(=O)[C@H](C)N(Cc1ccc(Cl)cc1)C(=O)COc1ccc(S(=O)(=O)N2CCOCC2)cc1. The number of rotatable bonds is 13. The van der Waals surface area contributed by atoms with Gasteiger partial charge in [-0.25, -0.2) is 8.42 Å². The van der Waals surface area contributed by atoms with Crippen LogP contribution < -0.4 is 10.1 Å². The van der Waals surface area contributed by atoms with Crippen molar-refractivity contribution in [1.29, 1.82) is 0 Å². The van der Waals surface area contributed by atoms with E-state index in [9.17, 15) is 18.0 Å². The predicted octanol–water partition coefficient (Wildman–Crippen LogP) is 3.46. The van der Waals surface area contributed by atoms with Crippen molar-refractivity contribution in [3.8, 4) is 5.75 Å². The predicted molar refractivity (Wildman–Crippen MR) is 146 cm³/mol. The van der Waals surface area contributed by atoms with Gasteiger partial charge < -0.3 is 19.7 Å². The minimum absolute atomic E-state index is 0.149. The highest BCUT2D eigenvalue weighted by Crippen LogP contribution is 2.21. The monoisotopic (exact) mass is 565 g/mol. The van der Waals surface area contributed by atoms with Crippen LogP contribution in [0, 0.1) is 0 Å². The van der Waals surface area contributed by atoms with E-state index in [1.54, 1.807) is 19.1 Å². The molecule has 0 unspecified atom stereocenters. The smallest absolute Gasteiger partial charge is 0.261 e. The molecule has 1 heterocycles. The third-order valence-electron chi connectivity index (χ3n) is 6.31. The molecule has 1 fully saturated rings. The molecule has 2 aromatic rings. The summed E-state index contributed by atoms with van der Waals surface area (Å²) in [6.45, 7) is 5.58. The average Bonchev–Trinajstić information content (AvgIpc) is 2.94. The third-order valence-corrected chi connectivity index (χ3v) is 8.47. The number of nitrogens with one attached hydrogen (secondary N) is 1. The molecule has 0 aliphatic carbocycles. The van der Waals surface area contributed by atoms with E-state index in [0.29, 0.717) is 43.6 Å². The number of carbonyl (C=O) groups excluding carboxylic acids is 2. The topological polar surface area (TPSA) is 105 Å². The first-order chi connectivity index (χ1) is 18.2. The van der Waals surface area contributed by atoms with Crippen LogP contribution in [0.4, 0.5) is 0 Å². The Morgan fingerprint density at radius 3 is 2.37 bits per heavy atom. The van der Waals surface area contributed by atoms with Gasteiger partial charge in [0.25, 0.3) is 5.91 Å². The molecule has 0 aromatic heterocycles. The lowest BCUT2D eigenvalue weighted by Crippen LogP contribution is -2.49. The highest BCUT2D eigenvalue weighted by molar-refractivity contribution is 7.89. The molecule has 2 aromatic carbocycles. The summed E-state index contributed by atoms with van der Waals surface area (Å²) in [7, 11) is -3.62. The maximum Gasteiger partial charge on any atom is 0.261 e. The fourth-order valence-electron chi connectivity index (χ4n) is 3.98. The largest absolute Gasteiger partial charge is 0.484 e. The number of hydrogen-bond donors (Lipinski definition) is 1. The zero-order valence-corrected chi connectivity index (χ0v) is 23.5. The summed E-state index contributed by atoms with van der Waals surface area (Å²) < 4.78 is 38.0. The van der Waals surface area contributed by atoms with Crippen molar-refractivity contribution in [1.82, 2.24) is 14.5 Å². The van der Waals surface area contributed by atoms with Crippen LogP contribution >= 0.6 is 11.6 Å². The zero-order valence-electron chi connectivity index (χ0n) is 21.9. The van der Waals surface area contributed by atoms with E-state index >= 15 is 0 Å². The summed E-state index contributed by atoms with van der Waals surface area (Å²) in [5.74, 6) is -0.260. The molecule has 1 aliphatic heterocycles. The molecule has 1 saturated heterocycles. The van der Waals surface area contributed by atoms with Gasteiger partial charge in [0.05, 0.1) is 18.1 Å². The quantitative estimate of drug-likeness (QED) is 0.373. The second kappa shape index (κ2) is 14.5. The van der Waals surface area contributed by atoms with E-state index in [4.69, 9.17) is 21.1 Å². The molecule has 3 rings (SSSR count). The molecule has 2 amide bonds. The number of morpholine rings is 1. The van der Waals surface area contributed by atoms with Crippen molar-refractivity contribution in [3.63, 3.8) is 0 Å². The Bertz CT molecular complexity index is 1150. The van der Waals surface area contributed by atoms with Crippen LogP contribution in [0.3, 0.4) is 0 Å². The normalized spacial score (nSPS) is 15.0. The Morgan fingerprint density at radius 2 is 1.74 bits per heavy atom. The van der Waals surface area contributed by atoms with Crippen molar-refractivity contribution in [2.45, 2.75) is 50.6 Å². The molecule has 1 N–H and O–H groups in total. The molecule has 38 heavy (non-hydrogen) atoms. The van der Waals surface area contributed by atoms with Gasteiger partial charge in [0.2, 0.25) is 15.9 Å². The summed E-state index contributed by atoms with van der Waals surface area (Å²) in [6.07, 6.45) is 2.94. The first kappa shape index (κ1) is 29.9. The summed E-state index contributed by atoms with van der Waals surface area (Å²) in [6, 6.07) is 12.3. The second-order valence-corrected chi connectivity index (χ2v) is 11.5. The van der Waals surface area contributed by atoms with Crippen molar-refractivity contribution in [2.75, 3.05) is 39.5 Å². The summed E-state index contributed by atoms with van der Waals surface area (Å²) in [5.41, 5.74) is 0.825. The van der Waals surface area contributed by atoms with Crippen molar-refractivity contribution in [2.24, 2.45) is 0 Å². The van der Waals surface area contributed by atoms with Gasteiger partial charge in [-0.3, -0.25) is 9.59 Å². The fourth-order valence-corrected chi connectivity index (χ4v) is 5.51. The number of amides is 2. The van der Waals surface area contributed by atoms with Gasteiger partial charge in [-0.2, -0.15) is 4.31 Å². The number of nitrogens with zero attached hydrogens (tertiary/aromatic N) is 2. The van der Waals surface area contributed by atoms with Crippen molar-refractivity contribution < 1.29 is 27.5 Å². The summed E-state index contributed by atoms with van der Waals surface area (Å²) in [5, 5.41) is 3.48. The zero-order chi connectivity index (χ0) is 27.5. The van der Waals surface area contributed by atoms with E-state index in [0.717, 1.165) is 24.8 Å². The van der Waals surface area contributed by atoms with Crippen LogP contribution in [0.5, 0.6) is 5.75 Å². The number of ether oxygens (including phenoxy) is 2. The number of sulfonamides is 1.